The second-order valence-corrected chi connectivity index (χ2v) is 6.24. The third kappa shape index (κ3) is 3.39. The zero-order valence-corrected chi connectivity index (χ0v) is 15.2. The minimum Gasteiger partial charge on any atom is -0.378 e. The monoisotopic (exact) mass is 365 g/mol. The van der Waals surface area contributed by atoms with Crippen molar-refractivity contribution >= 4 is 29.7 Å². The van der Waals surface area contributed by atoms with Gasteiger partial charge >= 0.3 is 6.03 Å². The van der Waals surface area contributed by atoms with E-state index in [9.17, 15) is 24.0 Å². The molecule has 0 bridgehead atoms. The molecule has 1 fully saturated rings. The second-order valence-electron chi connectivity index (χ2n) is 6.24. The van der Waals surface area contributed by atoms with Crippen LogP contribution in [0.25, 0.3) is 0 Å². The van der Waals surface area contributed by atoms with E-state index in [1.165, 1.54) is 6.08 Å². The minimum atomic E-state index is -1.23. The highest BCUT2D eigenvalue weighted by molar-refractivity contribution is 6.19. The van der Waals surface area contributed by atoms with Crippen LogP contribution in [0.1, 0.15) is 33.6 Å². The van der Waals surface area contributed by atoms with E-state index in [0.29, 0.717) is 18.4 Å². The summed E-state index contributed by atoms with van der Waals surface area (Å²) in [7, 11) is 0. The zero-order chi connectivity index (χ0) is 19.5. The molecule has 9 nitrogen and oxygen atoms in total. The summed E-state index contributed by atoms with van der Waals surface area (Å²) in [6, 6.07) is -0.758. The molecule has 0 spiro atoms. The number of imide groups is 3. The quantitative estimate of drug-likeness (QED) is 0.374. The number of nitrogens with zero attached hydrogens (tertiary/aromatic N) is 2. The Kier molecular flexibility index (Phi) is 5.91. The highest BCUT2D eigenvalue weighted by Gasteiger charge is 2.51. The van der Waals surface area contributed by atoms with Crippen molar-refractivity contribution in [1.29, 1.82) is 0 Å². The molecule has 1 saturated heterocycles. The summed E-state index contributed by atoms with van der Waals surface area (Å²) in [5, 5.41) is 2.22. The average Bonchev–Trinajstić information content (AvgIpc) is 2.84. The summed E-state index contributed by atoms with van der Waals surface area (Å²) < 4.78 is 5.36. The number of carbonyl (C=O) groups is 5. The van der Waals surface area contributed by atoms with Gasteiger partial charge in [0.1, 0.15) is 5.41 Å². The van der Waals surface area contributed by atoms with E-state index in [1.54, 1.807) is 20.8 Å². The van der Waals surface area contributed by atoms with E-state index in [2.05, 4.69) is 5.32 Å². The first kappa shape index (κ1) is 19.8. The van der Waals surface area contributed by atoms with Crippen LogP contribution >= 0.6 is 0 Å². The highest BCUT2D eigenvalue weighted by atomic mass is 16.5. The van der Waals surface area contributed by atoms with Crippen LogP contribution < -0.4 is 5.32 Å². The van der Waals surface area contributed by atoms with Gasteiger partial charge in [-0.1, -0.05) is 13.8 Å². The first-order valence-electron chi connectivity index (χ1n) is 8.57. The molecule has 142 valence electrons. The van der Waals surface area contributed by atoms with E-state index < -0.39 is 23.3 Å². The normalized spacial score (nSPS) is 20.0. The molecule has 0 aromatic heterocycles. The number of nitrogens with one attached hydrogen (secondary N) is 1. The van der Waals surface area contributed by atoms with Crippen molar-refractivity contribution < 1.29 is 28.7 Å². The molecule has 2 aliphatic rings. The van der Waals surface area contributed by atoms with E-state index in [4.69, 9.17) is 4.74 Å². The average molecular weight is 365 g/mol. The van der Waals surface area contributed by atoms with Crippen LogP contribution in [0.2, 0.25) is 0 Å². The molecule has 9 heteroatoms. The first-order valence-corrected chi connectivity index (χ1v) is 8.57. The Labute approximate surface area is 151 Å². The fraction of sp³-hybridized carbons (Fsp3) is 0.588. The van der Waals surface area contributed by atoms with Crippen LogP contribution in [0.15, 0.2) is 11.6 Å². The number of ether oxygens (including phenoxy) is 1. The lowest BCUT2D eigenvalue weighted by atomic mass is 9.78. The fourth-order valence-corrected chi connectivity index (χ4v) is 3.07. The number of amides is 6. The molecule has 1 N–H and O–H groups in total. The van der Waals surface area contributed by atoms with Crippen LogP contribution in [0.4, 0.5) is 4.79 Å². The number of hydrogen-bond donors (Lipinski definition) is 1. The maximum absolute atomic E-state index is 12.6. The smallest absolute Gasteiger partial charge is 0.330 e. The first-order chi connectivity index (χ1) is 12.3. The molecule has 0 radical (unpaired) electrons. The molecule has 6 amide bonds. The van der Waals surface area contributed by atoms with Crippen molar-refractivity contribution in [2.45, 2.75) is 33.6 Å². The zero-order valence-electron chi connectivity index (χ0n) is 15.2. The molecular weight excluding hydrogens is 342 g/mol. The maximum atomic E-state index is 12.6. The van der Waals surface area contributed by atoms with Gasteiger partial charge in [-0.15, -0.1) is 0 Å². The Morgan fingerprint density at radius 2 is 1.58 bits per heavy atom. The molecule has 0 saturated carbocycles. The molecule has 2 heterocycles. The predicted molar refractivity (Wildman–Crippen MR) is 89.6 cm³/mol. The minimum absolute atomic E-state index is 0.0150. The van der Waals surface area contributed by atoms with E-state index in [1.807, 2.05) is 0 Å². The maximum Gasteiger partial charge on any atom is 0.330 e. The van der Waals surface area contributed by atoms with Gasteiger partial charge in [-0.25, -0.2) is 4.79 Å². The van der Waals surface area contributed by atoms with Crippen LogP contribution in [0, 0.1) is 5.41 Å². The SMILES string of the molecule is CCC1(CC)C(=O)NC(=O)N(CCOCCN2C(=O)C=C(C)C2=O)C1=O. The largest absolute Gasteiger partial charge is 0.378 e. The Morgan fingerprint density at radius 3 is 2.08 bits per heavy atom. The summed E-state index contributed by atoms with van der Waals surface area (Å²) in [4.78, 5) is 62.0. The Balaban J connectivity index is 1.84. The van der Waals surface area contributed by atoms with Gasteiger partial charge in [0.05, 0.1) is 26.3 Å². The van der Waals surface area contributed by atoms with Crippen LogP contribution in [0.5, 0.6) is 0 Å². The summed E-state index contributed by atoms with van der Waals surface area (Å²) in [6.07, 6.45) is 1.86. The van der Waals surface area contributed by atoms with Crippen LogP contribution in [-0.2, 0) is 23.9 Å². The summed E-state index contributed by atoms with van der Waals surface area (Å²) >= 11 is 0. The van der Waals surface area contributed by atoms with Gasteiger partial charge in [-0.05, 0) is 19.8 Å². The van der Waals surface area contributed by atoms with Gasteiger partial charge in [0.2, 0.25) is 11.8 Å². The molecule has 2 rings (SSSR count). The molecular formula is C17H23N3O6. The van der Waals surface area contributed by atoms with Crippen LogP contribution in [-0.4, -0.2) is 65.8 Å². The number of urea groups is 1. The van der Waals surface area contributed by atoms with Gasteiger partial charge in [-0.3, -0.25) is 34.3 Å². The van der Waals surface area contributed by atoms with E-state index in [0.717, 1.165) is 9.80 Å². The van der Waals surface area contributed by atoms with Crippen molar-refractivity contribution in [2.75, 3.05) is 26.3 Å². The van der Waals surface area contributed by atoms with Gasteiger partial charge in [0, 0.05) is 11.6 Å². The Morgan fingerprint density at radius 1 is 1.00 bits per heavy atom. The topological polar surface area (TPSA) is 113 Å². The number of hydrogen-bond acceptors (Lipinski definition) is 6. The van der Waals surface area contributed by atoms with Gasteiger partial charge in [-0.2, -0.15) is 0 Å². The molecule has 0 aromatic rings. The van der Waals surface area contributed by atoms with Crippen molar-refractivity contribution in [1.82, 2.24) is 15.1 Å². The third-order valence-corrected chi connectivity index (χ3v) is 4.87. The Hall–Kier alpha value is -2.55. The predicted octanol–water partition coefficient (Wildman–Crippen LogP) is 0.203. The summed E-state index contributed by atoms with van der Waals surface area (Å²) in [5.41, 5.74) is -0.850. The van der Waals surface area contributed by atoms with E-state index in [-0.39, 0.29) is 38.1 Å². The fourth-order valence-electron chi connectivity index (χ4n) is 3.07. The molecule has 0 aliphatic carbocycles. The van der Waals surface area contributed by atoms with Crippen molar-refractivity contribution in [3.8, 4) is 0 Å². The summed E-state index contributed by atoms with van der Waals surface area (Å²) in [5.74, 6) is -1.82. The number of rotatable bonds is 8. The highest BCUT2D eigenvalue weighted by Crippen LogP contribution is 2.32. The molecule has 0 unspecified atom stereocenters. The molecule has 26 heavy (non-hydrogen) atoms. The van der Waals surface area contributed by atoms with E-state index >= 15 is 0 Å². The number of barbiturate groups is 1. The lowest BCUT2D eigenvalue weighted by molar-refractivity contribution is -0.152. The van der Waals surface area contributed by atoms with Crippen LogP contribution in [0.3, 0.4) is 0 Å². The van der Waals surface area contributed by atoms with Gasteiger partial charge in [0.25, 0.3) is 11.8 Å². The molecule has 2 aliphatic heterocycles. The standard InChI is InChI=1S/C17H23N3O6/c1-4-17(5-2)14(23)18-16(25)20(15(17)24)7-9-26-8-6-19-12(21)10-11(3)13(19)22/h10H,4-9H2,1-3H3,(H,18,23,25). The van der Waals surface area contributed by atoms with Crippen molar-refractivity contribution in [2.24, 2.45) is 5.41 Å². The molecule has 0 aromatic carbocycles. The van der Waals surface area contributed by atoms with Gasteiger partial charge < -0.3 is 4.74 Å². The van der Waals surface area contributed by atoms with Crippen molar-refractivity contribution in [3.63, 3.8) is 0 Å². The molecule has 0 atom stereocenters. The van der Waals surface area contributed by atoms with Crippen molar-refractivity contribution in [3.05, 3.63) is 11.6 Å². The van der Waals surface area contributed by atoms with Gasteiger partial charge in [0.15, 0.2) is 0 Å². The lowest BCUT2D eigenvalue weighted by Crippen LogP contribution is -2.64. The lowest BCUT2D eigenvalue weighted by Gasteiger charge is -2.38. The third-order valence-electron chi connectivity index (χ3n) is 4.87. The summed E-state index contributed by atoms with van der Waals surface area (Å²) in [6.45, 7) is 5.23. The number of carbonyl (C=O) groups excluding carboxylic acids is 5. The Bertz CT molecular complexity index is 680. The second kappa shape index (κ2) is 7.77.